The van der Waals surface area contributed by atoms with Gasteiger partial charge in [-0.25, -0.2) is 0 Å². The van der Waals surface area contributed by atoms with E-state index in [0.717, 1.165) is 17.0 Å². The maximum Gasteiger partial charge on any atom is 0.254 e. The van der Waals surface area contributed by atoms with Crippen molar-refractivity contribution in [1.29, 1.82) is 0 Å². The van der Waals surface area contributed by atoms with E-state index in [1.165, 1.54) is 32.1 Å². The molecule has 7 heteroatoms. The molecule has 0 bridgehead atoms. The second-order valence-electron chi connectivity index (χ2n) is 9.08. The van der Waals surface area contributed by atoms with Crippen LogP contribution in [0.3, 0.4) is 0 Å². The van der Waals surface area contributed by atoms with E-state index in [0.29, 0.717) is 31.3 Å². The van der Waals surface area contributed by atoms with Crippen molar-refractivity contribution in [2.75, 3.05) is 40.4 Å². The number of likely N-dealkylation sites (N-methyl/N-ethyl adjacent to an activating group) is 1. The number of hydrogen-bond donors (Lipinski definition) is 1. The average Bonchev–Trinajstić information content (AvgIpc) is 3.38. The first-order valence-corrected chi connectivity index (χ1v) is 12.9. The quantitative estimate of drug-likeness (QED) is 0.602. The molecule has 1 N–H and O–H groups in total. The molecule has 2 aromatic rings. The molecule has 178 valence electrons. The van der Waals surface area contributed by atoms with Crippen LogP contribution in [0.5, 0.6) is 0 Å². The number of benzene rings is 1. The molecule has 1 aliphatic heterocycles. The van der Waals surface area contributed by atoms with Crippen molar-refractivity contribution < 1.29 is 14.3 Å². The van der Waals surface area contributed by atoms with Crippen molar-refractivity contribution in [2.24, 2.45) is 0 Å². The number of carbonyl (C=O) groups excluding carboxylic acids is 2. The zero-order valence-corrected chi connectivity index (χ0v) is 20.5. The zero-order chi connectivity index (χ0) is 23.2. The van der Waals surface area contributed by atoms with Crippen LogP contribution in [0.25, 0.3) is 0 Å². The highest BCUT2D eigenvalue weighted by Gasteiger charge is 2.44. The van der Waals surface area contributed by atoms with Crippen LogP contribution >= 0.6 is 11.3 Å². The third-order valence-electron chi connectivity index (χ3n) is 7.05. The monoisotopic (exact) mass is 469 g/mol. The molecule has 1 saturated carbocycles. The minimum absolute atomic E-state index is 0.0205. The molecule has 0 saturated heterocycles. The molecule has 4 rings (SSSR count). The summed E-state index contributed by atoms with van der Waals surface area (Å²) in [5.41, 5.74) is 1.42. The summed E-state index contributed by atoms with van der Waals surface area (Å²) in [7, 11) is 3.80. The highest BCUT2D eigenvalue weighted by molar-refractivity contribution is 7.10. The maximum atomic E-state index is 13.7. The van der Waals surface area contributed by atoms with Gasteiger partial charge in [0.25, 0.3) is 5.91 Å². The molecule has 2 unspecified atom stereocenters. The number of rotatable bonds is 9. The number of ether oxygens (including phenoxy) is 1. The van der Waals surface area contributed by atoms with Gasteiger partial charge in [-0.1, -0.05) is 43.5 Å². The van der Waals surface area contributed by atoms with Crippen LogP contribution in [0.1, 0.15) is 64.9 Å². The van der Waals surface area contributed by atoms with Gasteiger partial charge in [0.2, 0.25) is 5.91 Å². The van der Waals surface area contributed by atoms with Gasteiger partial charge < -0.3 is 19.9 Å². The van der Waals surface area contributed by atoms with E-state index in [2.05, 4.69) is 17.3 Å². The largest absolute Gasteiger partial charge is 0.383 e. The van der Waals surface area contributed by atoms with Crippen molar-refractivity contribution in [3.05, 3.63) is 57.8 Å². The topological polar surface area (TPSA) is 61.9 Å². The van der Waals surface area contributed by atoms with Crippen LogP contribution in [0.4, 0.5) is 0 Å². The van der Waals surface area contributed by atoms with E-state index in [-0.39, 0.29) is 17.9 Å². The minimum Gasteiger partial charge on any atom is -0.383 e. The molecule has 1 fully saturated rings. The lowest BCUT2D eigenvalue weighted by molar-refractivity contribution is -0.124. The maximum absolute atomic E-state index is 13.7. The first-order valence-electron chi connectivity index (χ1n) is 12.0. The Balaban J connectivity index is 1.55. The summed E-state index contributed by atoms with van der Waals surface area (Å²) in [4.78, 5) is 32.3. The van der Waals surface area contributed by atoms with Crippen molar-refractivity contribution in [1.82, 2.24) is 15.1 Å². The Labute approximate surface area is 200 Å². The Morgan fingerprint density at radius 2 is 1.97 bits per heavy atom. The molecule has 1 aliphatic carbocycles. The van der Waals surface area contributed by atoms with Gasteiger partial charge in [-0.05, 0) is 43.0 Å². The predicted octanol–water partition coefficient (Wildman–Crippen LogP) is 4.06. The Kier molecular flexibility index (Phi) is 8.17. The SMILES string of the molecule is COCCN1C(=O)c2ccccc2C(C(=O)NCCN(C)C2CCCCC2)C1c1cccs1. The summed E-state index contributed by atoms with van der Waals surface area (Å²) >= 11 is 1.59. The Morgan fingerprint density at radius 3 is 2.70 bits per heavy atom. The number of nitrogens with zero attached hydrogens (tertiary/aromatic N) is 2. The summed E-state index contributed by atoms with van der Waals surface area (Å²) in [6.45, 7) is 2.31. The van der Waals surface area contributed by atoms with Crippen molar-refractivity contribution in [3.63, 3.8) is 0 Å². The summed E-state index contributed by atoms with van der Waals surface area (Å²) in [5.74, 6) is -0.510. The molecule has 2 aliphatic rings. The number of hydrogen-bond acceptors (Lipinski definition) is 5. The average molecular weight is 470 g/mol. The third-order valence-corrected chi connectivity index (χ3v) is 8.00. The molecule has 0 radical (unpaired) electrons. The van der Waals surface area contributed by atoms with Crippen LogP contribution in [0.15, 0.2) is 41.8 Å². The molecular weight excluding hydrogens is 434 g/mol. The first kappa shape index (κ1) is 23.9. The van der Waals surface area contributed by atoms with Crippen molar-refractivity contribution >= 4 is 23.2 Å². The highest BCUT2D eigenvalue weighted by Crippen LogP contribution is 2.44. The normalized spacial score (nSPS) is 21.3. The van der Waals surface area contributed by atoms with E-state index >= 15 is 0 Å². The van der Waals surface area contributed by atoms with Crippen molar-refractivity contribution in [3.8, 4) is 0 Å². The summed E-state index contributed by atoms with van der Waals surface area (Å²) < 4.78 is 5.29. The van der Waals surface area contributed by atoms with Crippen LogP contribution < -0.4 is 5.32 Å². The fraction of sp³-hybridized carbons (Fsp3) is 0.538. The lowest BCUT2D eigenvalue weighted by atomic mass is 9.81. The van der Waals surface area contributed by atoms with E-state index in [9.17, 15) is 9.59 Å². The van der Waals surface area contributed by atoms with E-state index in [1.807, 2.05) is 46.7 Å². The van der Waals surface area contributed by atoms with Gasteiger partial charge in [0.15, 0.2) is 0 Å². The fourth-order valence-electron chi connectivity index (χ4n) is 5.26. The molecular formula is C26H35N3O3S. The number of methoxy groups -OCH3 is 1. The number of fused-ring (bicyclic) bond motifs is 1. The third kappa shape index (κ3) is 5.31. The standard InChI is InChI=1S/C26H35N3O3S/c1-28(19-9-4-3-5-10-19)15-14-27-25(30)23-20-11-6-7-12-21(20)26(31)29(16-17-32-2)24(23)22-13-8-18-33-22/h6-8,11-13,18-19,23-24H,3-5,9-10,14-17H2,1-2H3,(H,27,30). The van der Waals surface area contributed by atoms with Gasteiger partial charge in [-0.15, -0.1) is 11.3 Å². The molecule has 2 heterocycles. The lowest BCUT2D eigenvalue weighted by Crippen LogP contribution is -2.49. The summed E-state index contributed by atoms with van der Waals surface area (Å²) in [6.07, 6.45) is 6.43. The van der Waals surface area contributed by atoms with Gasteiger partial charge in [0.05, 0.1) is 18.6 Å². The second-order valence-corrected chi connectivity index (χ2v) is 10.1. The van der Waals surface area contributed by atoms with Gasteiger partial charge in [0, 0.05) is 43.2 Å². The predicted molar refractivity (Wildman–Crippen MR) is 132 cm³/mol. The summed E-state index contributed by atoms with van der Waals surface area (Å²) in [5, 5.41) is 5.20. The van der Waals surface area contributed by atoms with Crippen LogP contribution in [0, 0.1) is 0 Å². The molecule has 0 spiro atoms. The van der Waals surface area contributed by atoms with Crippen LogP contribution in [0.2, 0.25) is 0 Å². The molecule has 1 aromatic carbocycles. The van der Waals surface area contributed by atoms with Gasteiger partial charge >= 0.3 is 0 Å². The molecule has 2 amide bonds. The Morgan fingerprint density at radius 1 is 1.18 bits per heavy atom. The minimum atomic E-state index is -0.450. The molecule has 33 heavy (non-hydrogen) atoms. The second kappa shape index (κ2) is 11.3. The number of nitrogens with one attached hydrogen (secondary N) is 1. The Hall–Kier alpha value is -2.22. The van der Waals surface area contributed by atoms with E-state index in [1.54, 1.807) is 18.4 Å². The smallest absolute Gasteiger partial charge is 0.254 e. The van der Waals surface area contributed by atoms with Crippen LogP contribution in [-0.4, -0.2) is 68.1 Å². The fourth-order valence-corrected chi connectivity index (χ4v) is 6.13. The van der Waals surface area contributed by atoms with E-state index < -0.39 is 5.92 Å². The van der Waals surface area contributed by atoms with Gasteiger partial charge in [0.1, 0.15) is 0 Å². The Bertz CT molecular complexity index is 927. The molecule has 2 atom stereocenters. The highest BCUT2D eigenvalue weighted by atomic mass is 32.1. The van der Waals surface area contributed by atoms with Crippen LogP contribution in [-0.2, 0) is 9.53 Å². The number of thiophene rings is 1. The number of carbonyl (C=O) groups is 2. The first-order chi connectivity index (χ1) is 16.1. The van der Waals surface area contributed by atoms with Gasteiger partial charge in [-0.3, -0.25) is 9.59 Å². The summed E-state index contributed by atoms with van der Waals surface area (Å²) in [6, 6.07) is 11.8. The van der Waals surface area contributed by atoms with Gasteiger partial charge in [-0.2, -0.15) is 0 Å². The van der Waals surface area contributed by atoms with Crippen molar-refractivity contribution in [2.45, 2.75) is 50.1 Å². The molecule has 6 nitrogen and oxygen atoms in total. The lowest BCUT2D eigenvalue weighted by Gasteiger charge is -2.41. The number of amides is 2. The molecule has 1 aromatic heterocycles. The zero-order valence-electron chi connectivity index (χ0n) is 19.7. The van der Waals surface area contributed by atoms with E-state index in [4.69, 9.17) is 4.74 Å².